The van der Waals surface area contributed by atoms with Crippen LogP contribution in [-0.4, -0.2) is 18.6 Å². The molecule has 0 N–H and O–H groups in total. The Bertz CT molecular complexity index is 681. The van der Waals surface area contributed by atoms with Crippen molar-refractivity contribution < 1.29 is 0 Å². The lowest BCUT2D eigenvalue weighted by molar-refractivity contribution is 0.134. The van der Waals surface area contributed by atoms with Crippen LogP contribution >= 0.6 is 11.8 Å². The molecule has 6 fully saturated rings. The minimum atomic E-state index is -1.35. The summed E-state index contributed by atoms with van der Waals surface area (Å²) in [6, 6.07) is 0. The molecule has 0 amide bonds. The number of fused-ring (bicyclic) bond motifs is 4. The molecule has 0 spiro atoms. The van der Waals surface area contributed by atoms with Crippen LogP contribution < -0.4 is 0 Å². The van der Waals surface area contributed by atoms with Gasteiger partial charge in [-0.1, -0.05) is 91.7 Å². The molecule has 1 aliphatic heterocycles. The number of thioether (sulfide) groups is 1. The van der Waals surface area contributed by atoms with E-state index in [0.717, 1.165) is 69.3 Å². The molecule has 1 heterocycles. The fraction of sp³-hybridized carbons (Fsp3) is 1.00. The van der Waals surface area contributed by atoms with E-state index in [1.54, 1.807) is 64.2 Å². The average Bonchev–Trinajstić information content (AvgIpc) is 3.40. The van der Waals surface area contributed by atoms with Gasteiger partial charge in [0.15, 0.2) is 0 Å². The fourth-order valence-electron chi connectivity index (χ4n) is 12.3. The van der Waals surface area contributed by atoms with Gasteiger partial charge in [0, 0.05) is 10.5 Å². The van der Waals surface area contributed by atoms with E-state index >= 15 is 0 Å². The molecule has 0 aromatic carbocycles. The third-order valence-electron chi connectivity index (χ3n) is 13.1. The van der Waals surface area contributed by atoms with Gasteiger partial charge in [-0.3, -0.25) is 0 Å². The Hall–Kier alpha value is 0.567. The van der Waals surface area contributed by atoms with Gasteiger partial charge in [-0.2, -0.15) is 11.8 Å². The highest BCUT2D eigenvalue weighted by Crippen LogP contribution is 2.70. The monoisotopic (exact) mass is 486 g/mol. The molecule has 33 heavy (non-hydrogen) atoms. The van der Waals surface area contributed by atoms with Crippen molar-refractivity contribution in [3.8, 4) is 0 Å². The van der Waals surface area contributed by atoms with Crippen molar-refractivity contribution in [2.24, 2.45) is 53.3 Å². The van der Waals surface area contributed by atoms with Crippen LogP contribution in [0.2, 0.25) is 24.2 Å². The van der Waals surface area contributed by atoms with Gasteiger partial charge < -0.3 is 0 Å². The number of rotatable bonds is 3. The third kappa shape index (κ3) is 3.79. The summed E-state index contributed by atoms with van der Waals surface area (Å²) in [5.41, 5.74) is 2.27. The summed E-state index contributed by atoms with van der Waals surface area (Å²) in [5, 5.41) is 1.96. The van der Waals surface area contributed by atoms with Crippen LogP contribution in [0.1, 0.15) is 104 Å². The summed E-state index contributed by atoms with van der Waals surface area (Å²) in [5.74, 6) is 9.70. The van der Waals surface area contributed by atoms with E-state index in [2.05, 4.69) is 45.6 Å². The molecule has 12 atom stereocenters. The predicted octanol–water partition coefficient (Wildman–Crippen LogP) is 9.66. The van der Waals surface area contributed by atoms with Crippen LogP contribution in [-0.2, 0) is 0 Å². The Morgan fingerprint density at radius 3 is 1.64 bits per heavy atom. The van der Waals surface area contributed by atoms with Crippen LogP contribution in [0.25, 0.3) is 0 Å². The average molecular weight is 487 g/mol. The van der Waals surface area contributed by atoms with Crippen molar-refractivity contribution in [2.75, 3.05) is 0 Å². The quantitative estimate of drug-likeness (QED) is 0.358. The molecule has 6 aliphatic rings. The summed E-state index contributed by atoms with van der Waals surface area (Å²) in [7, 11) is -1.35. The van der Waals surface area contributed by atoms with Crippen LogP contribution in [0.3, 0.4) is 0 Å². The highest BCUT2D eigenvalue weighted by molar-refractivity contribution is 8.00. The number of hydrogen-bond donors (Lipinski definition) is 0. The van der Waals surface area contributed by atoms with Gasteiger partial charge >= 0.3 is 0 Å². The molecular formula is C31H54SSi. The normalized spacial score (nSPS) is 54.6. The first-order chi connectivity index (χ1) is 15.9. The van der Waals surface area contributed by atoms with Gasteiger partial charge in [-0.05, 0) is 90.0 Å². The fourth-order valence-corrected chi connectivity index (χ4v) is 21.7. The minimum Gasteiger partial charge on any atom is -0.155 e. The molecule has 5 saturated carbocycles. The Morgan fingerprint density at radius 2 is 1.06 bits per heavy atom. The largest absolute Gasteiger partial charge is 0.155 e. The van der Waals surface area contributed by atoms with Gasteiger partial charge in [0.25, 0.3) is 0 Å². The maximum atomic E-state index is 2.95. The summed E-state index contributed by atoms with van der Waals surface area (Å²) >= 11 is 2.53. The molecule has 188 valence electrons. The van der Waals surface area contributed by atoms with Crippen LogP contribution in [0.4, 0.5) is 0 Å². The van der Waals surface area contributed by atoms with E-state index < -0.39 is 8.07 Å². The van der Waals surface area contributed by atoms with E-state index in [0.29, 0.717) is 0 Å². The zero-order chi connectivity index (χ0) is 22.9. The standard InChI is InChI=1S/C31H54SSi/c1-19-12-6-7-13-22(19)28-21(3)32-29-27(28)18-20(2)30(29)33(4,5)31-25-16-10-8-14-23(25)24-15-9-11-17-26(24)31/h19-31H,6-18H2,1-5H3. The van der Waals surface area contributed by atoms with Crippen molar-refractivity contribution in [2.45, 2.75) is 139 Å². The lowest BCUT2D eigenvalue weighted by Gasteiger charge is -2.47. The van der Waals surface area contributed by atoms with Gasteiger partial charge in [0.1, 0.15) is 0 Å². The van der Waals surface area contributed by atoms with E-state index in [1.165, 1.54) is 24.8 Å². The maximum absolute atomic E-state index is 2.95. The van der Waals surface area contributed by atoms with Crippen molar-refractivity contribution in [1.29, 1.82) is 0 Å². The first-order valence-corrected chi connectivity index (χ1v) is 19.6. The SMILES string of the molecule is CC1CCCCC1C1C(C)SC2C1CC(C)C2[Si](C)(C)C1C2CCCCC2C2CCCCC21. The van der Waals surface area contributed by atoms with E-state index in [1.807, 2.05) is 0 Å². The molecule has 1 saturated heterocycles. The van der Waals surface area contributed by atoms with Crippen molar-refractivity contribution >= 4 is 19.8 Å². The molecule has 0 aromatic rings. The van der Waals surface area contributed by atoms with Gasteiger partial charge in [-0.15, -0.1) is 0 Å². The zero-order valence-corrected chi connectivity index (χ0v) is 24.4. The Balaban J connectivity index is 1.29. The number of hydrogen-bond acceptors (Lipinski definition) is 1. The molecule has 0 aromatic heterocycles. The zero-order valence-electron chi connectivity index (χ0n) is 22.6. The highest BCUT2D eigenvalue weighted by atomic mass is 32.2. The molecule has 6 rings (SSSR count). The first-order valence-electron chi connectivity index (χ1n) is 15.5. The second-order valence-electron chi connectivity index (χ2n) is 14.8. The molecular weight excluding hydrogens is 432 g/mol. The second-order valence-corrected chi connectivity index (χ2v) is 21.3. The molecule has 2 heteroatoms. The summed E-state index contributed by atoms with van der Waals surface area (Å²) in [4.78, 5) is 0. The maximum Gasteiger partial charge on any atom is 0.0555 e. The second kappa shape index (κ2) is 9.15. The third-order valence-corrected chi connectivity index (χ3v) is 20.2. The van der Waals surface area contributed by atoms with E-state index in [-0.39, 0.29) is 0 Å². The highest BCUT2D eigenvalue weighted by Gasteiger charge is 2.63. The van der Waals surface area contributed by atoms with Gasteiger partial charge in [-0.25, -0.2) is 0 Å². The van der Waals surface area contributed by atoms with Crippen LogP contribution in [0.5, 0.6) is 0 Å². The topological polar surface area (TPSA) is 0 Å². The molecule has 0 bridgehead atoms. The predicted molar refractivity (Wildman–Crippen MR) is 149 cm³/mol. The summed E-state index contributed by atoms with van der Waals surface area (Å²) in [6.45, 7) is 13.9. The smallest absolute Gasteiger partial charge is 0.0555 e. The van der Waals surface area contributed by atoms with Crippen molar-refractivity contribution in [1.82, 2.24) is 0 Å². The lowest BCUT2D eigenvalue weighted by atomic mass is 9.67. The Labute approximate surface area is 211 Å². The van der Waals surface area contributed by atoms with Gasteiger partial charge in [0.2, 0.25) is 0 Å². The molecule has 12 unspecified atom stereocenters. The van der Waals surface area contributed by atoms with Gasteiger partial charge in [0.05, 0.1) is 8.07 Å². The first kappa shape index (κ1) is 23.9. The molecule has 0 nitrogen and oxygen atoms in total. The van der Waals surface area contributed by atoms with Crippen molar-refractivity contribution in [3.05, 3.63) is 0 Å². The van der Waals surface area contributed by atoms with E-state index in [4.69, 9.17) is 0 Å². The molecule has 5 aliphatic carbocycles. The minimum absolute atomic E-state index is 0.929. The molecule has 0 radical (unpaired) electrons. The summed E-state index contributed by atoms with van der Waals surface area (Å²) in [6.07, 6.45) is 20.3. The lowest BCUT2D eigenvalue weighted by Crippen LogP contribution is -2.47. The Kier molecular flexibility index (Phi) is 6.63. The van der Waals surface area contributed by atoms with Crippen molar-refractivity contribution in [3.63, 3.8) is 0 Å². The van der Waals surface area contributed by atoms with E-state index in [9.17, 15) is 0 Å². The summed E-state index contributed by atoms with van der Waals surface area (Å²) < 4.78 is 0. The van der Waals surface area contributed by atoms with Crippen LogP contribution in [0, 0.1) is 53.3 Å². The Morgan fingerprint density at radius 1 is 0.545 bits per heavy atom. The van der Waals surface area contributed by atoms with Crippen LogP contribution in [0.15, 0.2) is 0 Å².